The molecule has 170 valence electrons. The lowest BCUT2D eigenvalue weighted by Crippen LogP contribution is -2.32. The van der Waals surface area contributed by atoms with E-state index in [1.54, 1.807) is 54.6 Å². The van der Waals surface area contributed by atoms with E-state index in [9.17, 15) is 14.4 Å². The molecule has 8 heteroatoms. The Hall–Kier alpha value is -4.59. The molecule has 0 radical (unpaired) electrons. The van der Waals surface area contributed by atoms with Crippen LogP contribution < -0.4 is 25.0 Å². The molecule has 0 bridgehead atoms. The van der Waals surface area contributed by atoms with Crippen molar-refractivity contribution in [1.29, 1.82) is 0 Å². The van der Waals surface area contributed by atoms with Crippen LogP contribution in [0.4, 0.5) is 17.1 Å². The van der Waals surface area contributed by atoms with E-state index in [-0.39, 0.29) is 24.0 Å². The van der Waals surface area contributed by atoms with Gasteiger partial charge in [-0.05, 0) is 48.9 Å². The number of nitrogens with zero attached hydrogens (tertiary/aromatic N) is 1. The minimum absolute atomic E-state index is 0.131. The van der Waals surface area contributed by atoms with Gasteiger partial charge in [0.2, 0.25) is 12.7 Å². The number of carbonyl (C=O) groups is 3. The Kier molecular flexibility index (Phi) is 5.25. The van der Waals surface area contributed by atoms with Gasteiger partial charge < -0.3 is 20.1 Å². The highest BCUT2D eigenvalue weighted by molar-refractivity contribution is 6.46. The van der Waals surface area contributed by atoms with Crippen LogP contribution in [0.25, 0.3) is 5.57 Å². The third kappa shape index (κ3) is 3.86. The first-order valence-corrected chi connectivity index (χ1v) is 10.6. The molecule has 2 N–H and O–H groups in total. The van der Waals surface area contributed by atoms with Crippen molar-refractivity contribution in [2.75, 3.05) is 22.3 Å². The number of hydrogen-bond donors (Lipinski definition) is 2. The summed E-state index contributed by atoms with van der Waals surface area (Å²) in [6.07, 6.45) is 0. The average Bonchev–Trinajstić information content (AvgIpc) is 3.37. The highest BCUT2D eigenvalue weighted by Gasteiger charge is 2.40. The molecule has 0 fully saturated rings. The van der Waals surface area contributed by atoms with Gasteiger partial charge in [-0.1, -0.05) is 29.8 Å². The molecule has 3 amide bonds. The SMILES string of the molecule is CC(=O)Nc1ccc(C2=C(Nc3ccc4c(c3)OCO4)C(=O)N(c3ccc(C)cc3)C2=O)cc1. The molecule has 0 saturated heterocycles. The number of amides is 3. The Balaban J connectivity index is 1.56. The van der Waals surface area contributed by atoms with Crippen LogP contribution in [0.2, 0.25) is 0 Å². The average molecular weight is 455 g/mol. The van der Waals surface area contributed by atoms with Gasteiger partial charge in [0.25, 0.3) is 11.8 Å². The van der Waals surface area contributed by atoms with Crippen LogP contribution in [0.1, 0.15) is 18.1 Å². The van der Waals surface area contributed by atoms with E-state index in [1.807, 2.05) is 19.1 Å². The first-order chi connectivity index (χ1) is 16.4. The molecule has 0 aliphatic carbocycles. The van der Waals surface area contributed by atoms with Gasteiger partial charge in [0.1, 0.15) is 5.70 Å². The van der Waals surface area contributed by atoms with E-state index in [4.69, 9.17) is 9.47 Å². The fourth-order valence-electron chi connectivity index (χ4n) is 3.88. The smallest absolute Gasteiger partial charge is 0.282 e. The van der Waals surface area contributed by atoms with Crippen LogP contribution in [0, 0.1) is 6.92 Å². The van der Waals surface area contributed by atoms with Gasteiger partial charge >= 0.3 is 0 Å². The summed E-state index contributed by atoms with van der Waals surface area (Å²) < 4.78 is 10.8. The minimum Gasteiger partial charge on any atom is -0.454 e. The Morgan fingerprint density at radius 1 is 0.853 bits per heavy atom. The number of rotatable bonds is 5. The number of anilines is 3. The summed E-state index contributed by atoms with van der Waals surface area (Å²) in [5, 5.41) is 5.82. The number of imide groups is 1. The van der Waals surface area contributed by atoms with E-state index in [0.717, 1.165) is 10.5 Å². The topological polar surface area (TPSA) is 97.0 Å². The lowest BCUT2D eigenvalue weighted by atomic mass is 10.0. The van der Waals surface area contributed by atoms with Gasteiger partial charge in [-0.15, -0.1) is 0 Å². The molecule has 34 heavy (non-hydrogen) atoms. The second-order valence-electron chi connectivity index (χ2n) is 7.98. The number of fused-ring (bicyclic) bond motifs is 1. The number of benzene rings is 3. The number of carbonyl (C=O) groups excluding carboxylic acids is 3. The maximum Gasteiger partial charge on any atom is 0.282 e. The maximum absolute atomic E-state index is 13.5. The third-order valence-corrected chi connectivity index (χ3v) is 5.51. The first kappa shape index (κ1) is 21.3. The minimum atomic E-state index is -0.465. The number of hydrogen-bond acceptors (Lipinski definition) is 6. The van der Waals surface area contributed by atoms with E-state index in [1.165, 1.54) is 6.92 Å². The van der Waals surface area contributed by atoms with Gasteiger partial charge in [-0.25, -0.2) is 4.90 Å². The molecular weight excluding hydrogens is 434 g/mol. The van der Waals surface area contributed by atoms with Gasteiger partial charge in [0.15, 0.2) is 11.5 Å². The number of ether oxygens (including phenoxy) is 2. The second kappa shape index (κ2) is 8.40. The van der Waals surface area contributed by atoms with Crippen molar-refractivity contribution in [3.63, 3.8) is 0 Å². The van der Waals surface area contributed by atoms with Crippen LogP contribution in [0.3, 0.4) is 0 Å². The molecule has 0 unspecified atom stereocenters. The summed E-state index contributed by atoms with van der Waals surface area (Å²) >= 11 is 0. The summed E-state index contributed by atoms with van der Waals surface area (Å²) in [5.41, 5.74) is 3.60. The summed E-state index contributed by atoms with van der Waals surface area (Å²) in [5.74, 6) is 0.0639. The van der Waals surface area contributed by atoms with Gasteiger partial charge in [0.05, 0.1) is 11.3 Å². The second-order valence-corrected chi connectivity index (χ2v) is 7.98. The van der Waals surface area contributed by atoms with Crippen LogP contribution in [0.5, 0.6) is 11.5 Å². The van der Waals surface area contributed by atoms with Crippen molar-refractivity contribution in [3.8, 4) is 11.5 Å². The van der Waals surface area contributed by atoms with E-state index < -0.39 is 11.8 Å². The highest BCUT2D eigenvalue weighted by Crippen LogP contribution is 2.37. The molecule has 3 aromatic rings. The highest BCUT2D eigenvalue weighted by atomic mass is 16.7. The normalized spacial score (nSPS) is 14.6. The quantitative estimate of drug-likeness (QED) is 0.563. The van der Waals surface area contributed by atoms with Crippen LogP contribution in [-0.4, -0.2) is 24.5 Å². The molecule has 0 atom stereocenters. The molecule has 2 aliphatic rings. The standard InChI is InChI=1S/C26H21N3O5/c1-15-3-10-20(11-4-15)29-25(31)23(17-5-7-18(8-6-17)27-16(2)30)24(26(29)32)28-19-9-12-21-22(13-19)34-14-33-21/h3-13,28H,14H2,1-2H3,(H,27,30). The number of nitrogens with one attached hydrogen (secondary N) is 2. The largest absolute Gasteiger partial charge is 0.454 e. The van der Waals surface area contributed by atoms with Crippen molar-refractivity contribution in [2.24, 2.45) is 0 Å². The monoisotopic (exact) mass is 455 g/mol. The van der Waals surface area contributed by atoms with Gasteiger partial charge in [-0.2, -0.15) is 0 Å². The molecule has 5 rings (SSSR count). The Morgan fingerprint density at radius 2 is 1.53 bits per heavy atom. The summed E-state index contributed by atoms with van der Waals surface area (Å²) in [6, 6.07) is 19.2. The van der Waals surface area contributed by atoms with E-state index >= 15 is 0 Å². The first-order valence-electron chi connectivity index (χ1n) is 10.6. The fourth-order valence-corrected chi connectivity index (χ4v) is 3.88. The van der Waals surface area contributed by atoms with E-state index in [2.05, 4.69) is 10.6 Å². The summed E-state index contributed by atoms with van der Waals surface area (Å²) in [7, 11) is 0. The predicted molar refractivity (Wildman–Crippen MR) is 128 cm³/mol. The van der Waals surface area contributed by atoms with E-state index in [0.29, 0.717) is 34.1 Å². The molecule has 3 aromatic carbocycles. The molecule has 2 aliphatic heterocycles. The molecule has 0 spiro atoms. The van der Waals surface area contributed by atoms with Crippen LogP contribution >= 0.6 is 0 Å². The lowest BCUT2D eigenvalue weighted by Gasteiger charge is -2.15. The Bertz CT molecular complexity index is 1340. The molecular formula is C26H21N3O5. The van der Waals surface area contributed by atoms with Crippen LogP contribution in [-0.2, 0) is 14.4 Å². The van der Waals surface area contributed by atoms with Crippen molar-refractivity contribution in [3.05, 3.63) is 83.6 Å². The summed E-state index contributed by atoms with van der Waals surface area (Å²) in [6.45, 7) is 3.48. The Morgan fingerprint density at radius 3 is 2.24 bits per heavy atom. The molecule has 0 aromatic heterocycles. The molecule has 2 heterocycles. The van der Waals surface area contributed by atoms with Crippen molar-refractivity contribution < 1.29 is 23.9 Å². The fraction of sp³-hybridized carbons (Fsp3) is 0.115. The summed E-state index contributed by atoms with van der Waals surface area (Å²) in [4.78, 5) is 39.6. The zero-order valence-corrected chi connectivity index (χ0v) is 18.5. The zero-order chi connectivity index (χ0) is 23.8. The van der Waals surface area contributed by atoms with Crippen molar-refractivity contribution in [2.45, 2.75) is 13.8 Å². The third-order valence-electron chi connectivity index (χ3n) is 5.51. The maximum atomic E-state index is 13.5. The van der Waals surface area contributed by atoms with Crippen molar-refractivity contribution >= 4 is 40.4 Å². The molecule has 8 nitrogen and oxygen atoms in total. The zero-order valence-electron chi connectivity index (χ0n) is 18.5. The number of aryl methyl sites for hydroxylation is 1. The Labute approximate surface area is 195 Å². The lowest BCUT2D eigenvalue weighted by molar-refractivity contribution is -0.120. The molecule has 0 saturated carbocycles. The predicted octanol–water partition coefficient (Wildman–Crippen LogP) is 4.08. The van der Waals surface area contributed by atoms with Crippen LogP contribution in [0.15, 0.2) is 72.4 Å². The van der Waals surface area contributed by atoms with Gasteiger partial charge in [-0.3, -0.25) is 14.4 Å². The van der Waals surface area contributed by atoms with Crippen molar-refractivity contribution in [1.82, 2.24) is 0 Å². The van der Waals surface area contributed by atoms with Gasteiger partial charge in [0, 0.05) is 24.4 Å².